The molecule has 1 heterocycles. The van der Waals surface area contributed by atoms with E-state index in [1.807, 2.05) is 0 Å². The summed E-state index contributed by atoms with van der Waals surface area (Å²) < 4.78 is 5.58. The molecule has 31 heavy (non-hydrogen) atoms. The summed E-state index contributed by atoms with van der Waals surface area (Å²) in [5.74, 6) is -1.65. The Kier molecular flexibility index (Phi) is 7.21. The van der Waals surface area contributed by atoms with Crippen LogP contribution >= 0.6 is 35.0 Å². The Bertz CT molecular complexity index is 1110. The number of benzene rings is 2. The molecular formula is C20H15Cl2N3O5S. The average Bonchev–Trinajstić information content (AvgIpc) is 2.96. The first-order chi connectivity index (χ1) is 14.7. The fourth-order valence-electron chi connectivity index (χ4n) is 2.59. The van der Waals surface area contributed by atoms with Gasteiger partial charge < -0.3 is 15.8 Å². The number of rotatable bonds is 7. The van der Waals surface area contributed by atoms with E-state index in [-0.39, 0.29) is 17.3 Å². The predicted molar refractivity (Wildman–Crippen MR) is 119 cm³/mol. The highest BCUT2D eigenvalue weighted by Crippen LogP contribution is 2.34. The third-order valence-corrected chi connectivity index (χ3v) is 5.42. The molecule has 4 amide bonds. The Morgan fingerprint density at radius 2 is 1.90 bits per heavy atom. The fraction of sp³-hybridized carbons (Fsp3) is 0.100. The number of nitrogens with zero attached hydrogens (tertiary/aromatic N) is 1. The first kappa shape index (κ1) is 22.7. The van der Waals surface area contributed by atoms with Crippen molar-refractivity contribution in [3.8, 4) is 5.75 Å². The van der Waals surface area contributed by atoms with Crippen LogP contribution in [0.4, 0.5) is 10.5 Å². The number of primary amides is 1. The van der Waals surface area contributed by atoms with Crippen LogP contribution in [-0.4, -0.2) is 41.0 Å². The number of imide groups is 1. The van der Waals surface area contributed by atoms with Crippen LogP contribution in [0.5, 0.6) is 5.75 Å². The number of ether oxygens (including phenoxy) is 1. The molecule has 3 N–H and O–H groups in total. The Morgan fingerprint density at radius 1 is 1.16 bits per heavy atom. The van der Waals surface area contributed by atoms with E-state index in [4.69, 9.17) is 33.7 Å². The van der Waals surface area contributed by atoms with Gasteiger partial charge in [-0.15, -0.1) is 0 Å². The molecule has 1 fully saturated rings. The molecule has 11 heteroatoms. The lowest BCUT2D eigenvalue weighted by molar-refractivity contribution is -0.127. The van der Waals surface area contributed by atoms with E-state index in [1.54, 1.807) is 30.3 Å². The minimum atomic E-state index is -0.806. The number of carbonyl (C=O) groups is 4. The summed E-state index contributed by atoms with van der Waals surface area (Å²) in [5, 5.41) is 2.76. The zero-order valence-electron chi connectivity index (χ0n) is 15.8. The third-order valence-electron chi connectivity index (χ3n) is 3.95. The van der Waals surface area contributed by atoms with Crippen molar-refractivity contribution in [1.82, 2.24) is 4.90 Å². The van der Waals surface area contributed by atoms with E-state index in [0.29, 0.717) is 33.1 Å². The second-order valence-electron chi connectivity index (χ2n) is 6.23. The molecule has 1 aliphatic rings. The Hall–Kier alpha value is -3.01. The maximum absolute atomic E-state index is 12.4. The van der Waals surface area contributed by atoms with Gasteiger partial charge in [-0.3, -0.25) is 24.1 Å². The topological polar surface area (TPSA) is 119 Å². The molecule has 2 aromatic rings. The van der Waals surface area contributed by atoms with E-state index in [2.05, 4.69) is 5.32 Å². The van der Waals surface area contributed by atoms with Crippen LogP contribution in [0.3, 0.4) is 0 Å². The summed E-state index contributed by atoms with van der Waals surface area (Å²) in [6.45, 7) is -0.847. The standard InChI is InChI=1S/C20H15Cl2N3O5S/c21-12-5-6-15(30-10-18(27)24-14-4-2-1-3-13(14)22)11(7-12)8-16-19(28)25(9-17(23)26)20(29)31-16/h1-8H,9-10H2,(H2,23,26)(H,24,27)/b16-8-. The van der Waals surface area contributed by atoms with Gasteiger partial charge >= 0.3 is 0 Å². The molecule has 0 spiro atoms. The number of nitrogens with one attached hydrogen (secondary N) is 1. The summed E-state index contributed by atoms with van der Waals surface area (Å²) in [6, 6.07) is 11.4. The van der Waals surface area contributed by atoms with Crippen molar-refractivity contribution < 1.29 is 23.9 Å². The summed E-state index contributed by atoms with van der Waals surface area (Å²) in [7, 11) is 0. The lowest BCUT2D eigenvalue weighted by Crippen LogP contribution is -2.36. The van der Waals surface area contributed by atoms with Gasteiger partial charge in [0.25, 0.3) is 17.1 Å². The van der Waals surface area contributed by atoms with Gasteiger partial charge in [-0.1, -0.05) is 35.3 Å². The quantitative estimate of drug-likeness (QED) is 0.586. The first-order valence-electron chi connectivity index (χ1n) is 8.75. The molecule has 0 unspecified atom stereocenters. The van der Waals surface area contributed by atoms with Gasteiger partial charge in [-0.25, -0.2) is 0 Å². The summed E-state index contributed by atoms with van der Waals surface area (Å²) in [6.07, 6.45) is 1.40. The number of halogens is 2. The zero-order chi connectivity index (χ0) is 22.5. The van der Waals surface area contributed by atoms with Crippen molar-refractivity contribution in [3.63, 3.8) is 0 Å². The number of amides is 4. The molecule has 3 rings (SSSR count). The Morgan fingerprint density at radius 3 is 2.61 bits per heavy atom. The minimum Gasteiger partial charge on any atom is -0.483 e. The molecule has 1 aliphatic heterocycles. The van der Waals surface area contributed by atoms with Gasteiger partial charge in [0, 0.05) is 10.6 Å². The lowest BCUT2D eigenvalue weighted by atomic mass is 10.2. The largest absolute Gasteiger partial charge is 0.483 e. The third kappa shape index (κ3) is 5.78. The van der Waals surface area contributed by atoms with Gasteiger partial charge in [0.15, 0.2) is 6.61 Å². The molecular weight excluding hydrogens is 465 g/mol. The molecule has 0 radical (unpaired) electrons. The molecule has 0 bridgehead atoms. The van der Waals surface area contributed by atoms with Crippen LogP contribution in [-0.2, 0) is 14.4 Å². The Balaban J connectivity index is 1.75. The van der Waals surface area contributed by atoms with Crippen LogP contribution in [0.1, 0.15) is 5.56 Å². The smallest absolute Gasteiger partial charge is 0.294 e. The molecule has 1 saturated heterocycles. The highest BCUT2D eigenvalue weighted by molar-refractivity contribution is 8.18. The van der Waals surface area contributed by atoms with Gasteiger partial charge in [0.2, 0.25) is 5.91 Å². The lowest BCUT2D eigenvalue weighted by Gasteiger charge is -2.11. The SMILES string of the molecule is NC(=O)CN1C(=O)S/C(=C\c2cc(Cl)ccc2OCC(=O)Nc2ccccc2Cl)C1=O. The maximum atomic E-state index is 12.4. The van der Waals surface area contributed by atoms with Crippen LogP contribution in [0.25, 0.3) is 6.08 Å². The molecule has 0 aromatic heterocycles. The van der Waals surface area contributed by atoms with Crippen molar-refractivity contribution >= 4 is 69.7 Å². The number of anilines is 1. The Labute approximate surface area is 191 Å². The van der Waals surface area contributed by atoms with E-state index in [9.17, 15) is 19.2 Å². The maximum Gasteiger partial charge on any atom is 0.294 e. The normalized spacial score (nSPS) is 14.8. The van der Waals surface area contributed by atoms with Gasteiger partial charge in [0.1, 0.15) is 12.3 Å². The van der Waals surface area contributed by atoms with Crippen molar-refractivity contribution in [2.45, 2.75) is 0 Å². The van der Waals surface area contributed by atoms with Gasteiger partial charge in [-0.2, -0.15) is 0 Å². The number of hydrogen-bond acceptors (Lipinski definition) is 6. The van der Waals surface area contributed by atoms with Crippen molar-refractivity contribution in [3.05, 3.63) is 63.0 Å². The van der Waals surface area contributed by atoms with Crippen LogP contribution in [0, 0.1) is 0 Å². The second kappa shape index (κ2) is 9.86. The average molecular weight is 480 g/mol. The highest BCUT2D eigenvalue weighted by Gasteiger charge is 2.36. The zero-order valence-corrected chi connectivity index (χ0v) is 18.1. The highest BCUT2D eigenvalue weighted by atomic mass is 35.5. The van der Waals surface area contributed by atoms with Crippen LogP contribution in [0.2, 0.25) is 10.0 Å². The van der Waals surface area contributed by atoms with Crippen molar-refractivity contribution in [1.29, 1.82) is 0 Å². The van der Waals surface area contributed by atoms with Crippen LogP contribution < -0.4 is 15.8 Å². The van der Waals surface area contributed by atoms with E-state index < -0.39 is 29.5 Å². The van der Waals surface area contributed by atoms with E-state index in [1.165, 1.54) is 18.2 Å². The first-order valence-corrected chi connectivity index (χ1v) is 10.3. The van der Waals surface area contributed by atoms with E-state index >= 15 is 0 Å². The molecule has 0 atom stereocenters. The second-order valence-corrected chi connectivity index (χ2v) is 8.07. The summed E-state index contributed by atoms with van der Waals surface area (Å²) >= 11 is 12.7. The summed E-state index contributed by atoms with van der Waals surface area (Å²) in [4.78, 5) is 48.5. The molecule has 0 aliphatic carbocycles. The van der Waals surface area contributed by atoms with Crippen LogP contribution in [0.15, 0.2) is 47.4 Å². The minimum absolute atomic E-state index is 0.0684. The number of para-hydroxylation sites is 1. The van der Waals surface area contributed by atoms with Gasteiger partial charge in [0.05, 0.1) is 15.6 Å². The number of nitrogens with two attached hydrogens (primary N) is 1. The number of thioether (sulfide) groups is 1. The molecule has 8 nitrogen and oxygen atoms in total. The summed E-state index contributed by atoms with van der Waals surface area (Å²) in [5.41, 5.74) is 5.89. The fourth-order valence-corrected chi connectivity index (χ4v) is 3.78. The number of carbonyl (C=O) groups excluding carboxylic acids is 4. The van der Waals surface area contributed by atoms with E-state index in [0.717, 1.165) is 4.90 Å². The van der Waals surface area contributed by atoms with Gasteiger partial charge in [-0.05, 0) is 48.2 Å². The molecule has 0 saturated carbocycles. The predicted octanol–water partition coefficient (Wildman–Crippen LogP) is 3.53. The van der Waals surface area contributed by atoms with Crippen molar-refractivity contribution in [2.75, 3.05) is 18.5 Å². The molecule has 2 aromatic carbocycles. The number of hydrogen-bond donors (Lipinski definition) is 2. The van der Waals surface area contributed by atoms with Crippen molar-refractivity contribution in [2.24, 2.45) is 5.73 Å². The monoisotopic (exact) mass is 479 g/mol. The molecule has 160 valence electrons.